The molecule has 0 bridgehead atoms. The van der Waals surface area contributed by atoms with Crippen molar-refractivity contribution in [2.24, 2.45) is 0 Å². The van der Waals surface area contributed by atoms with E-state index in [9.17, 15) is 31.6 Å². The third-order valence-corrected chi connectivity index (χ3v) is 10.1. The molecule has 0 N–H and O–H groups in total. The van der Waals surface area contributed by atoms with Crippen molar-refractivity contribution in [2.45, 2.75) is 12.4 Å². The van der Waals surface area contributed by atoms with Crippen LogP contribution in [0.5, 0.6) is 0 Å². The summed E-state index contributed by atoms with van der Waals surface area (Å²) >= 11 is 0. The average Bonchev–Trinajstić information content (AvgIpc) is 3.59. The van der Waals surface area contributed by atoms with Crippen LogP contribution in [0.4, 0.5) is 26.3 Å². The SMILES string of the molecule is N#Cc1ccc(-c2ccc3c4ccccc4n(-c4cc(-c5cc(C(F)(F)F)cc(C(F)(F)F)c5)ccc4-c4nc(-c5ccccc5)nc(-c5ccccc5)n4)c3c2)cc1. The van der Waals surface area contributed by atoms with Crippen LogP contribution in [-0.4, -0.2) is 19.5 Å². The van der Waals surface area contributed by atoms with Crippen molar-refractivity contribution in [1.29, 1.82) is 5.26 Å². The molecule has 0 radical (unpaired) electrons. The van der Waals surface area contributed by atoms with Gasteiger partial charge in [0, 0.05) is 27.5 Å². The Kier molecular flexibility index (Phi) is 9.05. The molecule has 0 aliphatic carbocycles. The van der Waals surface area contributed by atoms with Crippen LogP contribution in [0.15, 0.2) is 164 Å². The van der Waals surface area contributed by atoms with Gasteiger partial charge < -0.3 is 4.57 Å². The maximum atomic E-state index is 14.2. The van der Waals surface area contributed by atoms with Gasteiger partial charge in [0.2, 0.25) is 0 Å². The van der Waals surface area contributed by atoms with Gasteiger partial charge >= 0.3 is 12.4 Å². The Balaban J connectivity index is 1.37. The van der Waals surface area contributed by atoms with E-state index in [1.807, 2.05) is 120 Å². The van der Waals surface area contributed by atoms with E-state index in [2.05, 4.69) is 6.07 Å². The summed E-state index contributed by atoms with van der Waals surface area (Å²) in [4.78, 5) is 14.7. The molecule has 9 aromatic rings. The molecule has 0 fully saturated rings. The molecule has 2 heterocycles. The highest BCUT2D eigenvalue weighted by Crippen LogP contribution is 2.42. The van der Waals surface area contributed by atoms with Gasteiger partial charge in [-0.15, -0.1) is 0 Å². The van der Waals surface area contributed by atoms with Gasteiger partial charge in [0.25, 0.3) is 0 Å². The third-order valence-electron chi connectivity index (χ3n) is 10.1. The first-order chi connectivity index (χ1) is 28.4. The number of alkyl halides is 6. The van der Waals surface area contributed by atoms with Gasteiger partial charge in [-0.3, -0.25) is 0 Å². The van der Waals surface area contributed by atoms with Crippen LogP contribution in [-0.2, 0) is 12.4 Å². The highest BCUT2D eigenvalue weighted by Gasteiger charge is 2.37. The average molecular weight is 788 g/mol. The summed E-state index contributed by atoms with van der Waals surface area (Å²) in [6, 6.07) is 47.6. The number of benzene rings is 7. The fourth-order valence-corrected chi connectivity index (χ4v) is 7.28. The van der Waals surface area contributed by atoms with E-state index in [-0.39, 0.29) is 23.0 Å². The van der Waals surface area contributed by atoms with Crippen molar-refractivity contribution in [1.82, 2.24) is 19.5 Å². The minimum Gasteiger partial charge on any atom is -0.308 e. The lowest BCUT2D eigenvalue weighted by Crippen LogP contribution is -2.11. The first-order valence-electron chi connectivity index (χ1n) is 18.3. The van der Waals surface area contributed by atoms with Gasteiger partial charge in [0.1, 0.15) is 0 Å². The molecule has 11 heteroatoms. The first kappa shape index (κ1) is 37.0. The van der Waals surface area contributed by atoms with Crippen LogP contribution >= 0.6 is 0 Å². The van der Waals surface area contributed by atoms with Crippen LogP contribution in [0.25, 0.3) is 83.9 Å². The molecule has 7 aromatic carbocycles. The number of hydrogen-bond donors (Lipinski definition) is 0. The van der Waals surface area contributed by atoms with Crippen molar-refractivity contribution >= 4 is 21.8 Å². The summed E-state index contributed by atoms with van der Waals surface area (Å²) in [5, 5.41) is 11.1. The van der Waals surface area contributed by atoms with Gasteiger partial charge in [-0.25, -0.2) is 15.0 Å². The maximum absolute atomic E-state index is 14.2. The molecule has 9 rings (SSSR count). The smallest absolute Gasteiger partial charge is 0.308 e. The molecule has 0 atom stereocenters. The number of rotatable bonds is 6. The van der Waals surface area contributed by atoms with Gasteiger partial charge in [-0.1, -0.05) is 109 Å². The molecule has 0 spiro atoms. The van der Waals surface area contributed by atoms with Crippen molar-refractivity contribution in [3.05, 3.63) is 180 Å². The van der Waals surface area contributed by atoms with E-state index in [0.717, 1.165) is 39.5 Å². The summed E-state index contributed by atoms with van der Waals surface area (Å²) in [6.45, 7) is 0. The molecular weight excluding hydrogens is 761 g/mol. The molecular formula is C48H27F6N5. The van der Waals surface area contributed by atoms with E-state index in [4.69, 9.17) is 15.0 Å². The van der Waals surface area contributed by atoms with Crippen LogP contribution in [0.1, 0.15) is 16.7 Å². The minimum absolute atomic E-state index is 0.107. The fourth-order valence-electron chi connectivity index (χ4n) is 7.28. The third kappa shape index (κ3) is 7.06. The summed E-state index contributed by atoms with van der Waals surface area (Å²) in [5.74, 6) is 0.957. The highest BCUT2D eigenvalue weighted by atomic mass is 19.4. The molecule has 2 aromatic heterocycles. The topological polar surface area (TPSA) is 67.4 Å². The van der Waals surface area contributed by atoms with Crippen LogP contribution < -0.4 is 0 Å². The number of hydrogen-bond acceptors (Lipinski definition) is 4. The largest absolute Gasteiger partial charge is 0.416 e. The zero-order valence-electron chi connectivity index (χ0n) is 30.6. The Hall–Kier alpha value is -7.58. The van der Waals surface area contributed by atoms with E-state index in [0.29, 0.717) is 45.1 Å². The standard InChI is InChI=1S/C48H27F6N5/c49-47(50,51)36-23-35(24-37(27-36)48(52,53)54)34-20-22-40(46-57-44(31-9-3-1-4-10-31)56-45(58-46)32-11-5-2-6-12-32)43(26-34)59-41-14-8-7-13-38(41)39-21-19-33(25-42(39)59)30-17-15-29(28-55)16-18-30/h1-27H. The molecule has 0 saturated heterocycles. The number of aromatic nitrogens is 4. The molecule has 0 saturated carbocycles. The zero-order chi connectivity index (χ0) is 40.9. The second kappa shape index (κ2) is 14.4. The monoisotopic (exact) mass is 787 g/mol. The number of fused-ring (bicyclic) bond motifs is 3. The lowest BCUT2D eigenvalue weighted by Gasteiger charge is -2.18. The molecule has 0 unspecified atom stereocenters. The molecule has 5 nitrogen and oxygen atoms in total. The van der Waals surface area contributed by atoms with Gasteiger partial charge in [0.15, 0.2) is 17.5 Å². The number of halogens is 6. The highest BCUT2D eigenvalue weighted by molar-refractivity contribution is 6.10. The normalized spacial score (nSPS) is 11.9. The predicted octanol–water partition coefficient (Wildman–Crippen LogP) is 13.2. The predicted molar refractivity (Wildman–Crippen MR) is 216 cm³/mol. The summed E-state index contributed by atoms with van der Waals surface area (Å²) in [6.07, 6.45) is -10.1. The molecule has 0 aliphatic heterocycles. The molecule has 59 heavy (non-hydrogen) atoms. The quantitative estimate of drug-likeness (QED) is 0.157. The Labute approximate surface area is 333 Å². The maximum Gasteiger partial charge on any atom is 0.416 e. The number of nitrogens with zero attached hydrogens (tertiary/aromatic N) is 5. The Morgan fingerprint density at radius 2 is 0.932 bits per heavy atom. The van der Waals surface area contributed by atoms with Crippen molar-refractivity contribution in [2.75, 3.05) is 0 Å². The van der Waals surface area contributed by atoms with Crippen molar-refractivity contribution in [3.63, 3.8) is 0 Å². The number of para-hydroxylation sites is 1. The van der Waals surface area contributed by atoms with E-state index in [1.54, 1.807) is 24.3 Å². The Morgan fingerprint density at radius 1 is 0.424 bits per heavy atom. The van der Waals surface area contributed by atoms with Crippen LogP contribution in [0.3, 0.4) is 0 Å². The lowest BCUT2D eigenvalue weighted by atomic mass is 9.97. The van der Waals surface area contributed by atoms with E-state index in [1.165, 1.54) is 6.07 Å². The Morgan fingerprint density at radius 3 is 1.53 bits per heavy atom. The van der Waals surface area contributed by atoms with Gasteiger partial charge in [0.05, 0.1) is 39.5 Å². The number of nitriles is 1. The minimum atomic E-state index is -5.04. The van der Waals surface area contributed by atoms with E-state index < -0.39 is 23.5 Å². The summed E-state index contributed by atoms with van der Waals surface area (Å²) in [7, 11) is 0. The second-order valence-electron chi connectivity index (χ2n) is 13.8. The van der Waals surface area contributed by atoms with Crippen LogP contribution in [0, 0.1) is 11.3 Å². The molecule has 286 valence electrons. The zero-order valence-corrected chi connectivity index (χ0v) is 30.6. The lowest BCUT2D eigenvalue weighted by molar-refractivity contribution is -0.143. The van der Waals surface area contributed by atoms with Gasteiger partial charge in [-0.2, -0.15) is 31.6 Å². The summed E-state index contributed by atoms with van der Waals surface area (Å²) < 4.78 is 86.9. The van der Waals surface area contributed by atoms with E-state index >= 15 is 0 Å². The Bertz CT molecular complexity index is 2990. The fraction of sp³-hybridized carbons (Fsp3) is 0.0417. The second-order valence-corrected chi connectivity index (χ2v) is 13.8. The molecule has 0 aliphatic rings. The van der Waals surface area contributed by atoms with Crippen molar-refractivity contribution in [3.8, 4) is 68.2 Å². The molecule has 0 amide bonds. The van der Waals surface area contributed by atoms with Crippen molar-refractivity contribution < 1.29 is 26.3 Å². The van der Waals surface area contributed by atoms with Crippen LogP contribution in [0.2, 0.25) is 0 Å². The van der Waals surface area contributed by atoms with Gasteiger partial charge in [-0.05, 0) is 76.9 Å². The summed E-state index contributed by atoms with van der Waals surface area (Å²) in [5.41, 5.74) is 2.82. The first-order valence-corrected chi connectivity index (χ1v) is 18.3.